The predicted molar refractivity (Wildman–Crippen MR) is 63.5 cm³/mol. The highest BCUT2D eigenvalue weighted by molar-refractivity contribution is 8.14. The van der Waals surface area contributed by atoms with Gasteiger partial charge in [0.15, 0.2) is 5.58 Å². The molecule has 5 heteroatoms. The molecule has 4 nitrogen and oxygen atoms in total. The van der Waals surface area contributed by atoms with Crippen LogP contribution in [0.2, 0.25) is 0 Å². The number of carbonyl (C=O) groups excluding carboxylic acids is 1. The van der Waals surface area contributed by atoms with Gasteiger partial charge in [0.05, 0.1) is 0 Å². The van der Waals surface area contributed by atoms with E-state index in [0.29, 0.717) is 6.01 Å². The SMILES string of the molecule is O=C1SCC[C@@H]1Nc1nc2ccccc2o1. The van der Waals surface area contributed by atoms with E-state index in [1.807, 2.05) is 24.3 Å². The number of hydrogen-bond donors (Lipinski definition) is 1. The van der Waals surface area contributed by atoms with Crippen LogP contribution in [0.5, 0.6) is 0 Å². The number of thioether (sulfide) groups is 1. The fourth-order valence-corrected chi connectivity index (χ4v) is 2.64. The molecular weight excluding hydrogens is 224 g/mol. The first-order valence-electron chi connectivity index (χ1n) is 5.12. The molecule has 1 saturated heterocycles. The Morgan fingerprint density at radius 1 is 1.44 bits per heavy atom. The average Bonchev–Trinajstić information content (AvgIpc) is 2.85. The maximum Gasteiger partial charge on any atom is 0.296 e. The summed E-state index contributed by atoms with van der Waals surface area (Å²) in [6, 6.07) is 7.83. The number of rotatable bonds is 2. The molecule has 0 spiro atoms. The van der Waals surface area contributed by atoms with Crippen molar-refractivity contribution in [3.8, 4) is 0 Å². The molecule has 0 bridgehead atoms. The van der Waals surface area contributed by atoms with Gasteiger partial charge >= 0.3 is 0 Å². The summed E-state index contributed by atoms with van der Waals surface area (Å²) in [6.45, 7) is 0. The Morgan fingerprint density at radius 2 is 2.31 bits per heavy atom. The smallest absolute Gasteiger partial charge is 0.296 e. The number of carbonyl (C=O) groups is 1. The summed E-state index contributed by atoms with van der Waals surface area (Å²) >= 11 is 1.36. The standard InChI is InChI=1S/C11H10N2O2S/c14-10-8(5-6-16-10)13-11-12-7-3-1-2-4-9(7)15-11/h1-4,8H,5-6H2,(H,12,13)/t8-/m0/s1. The Morgan fingerprint density at radius 3 is 3.06 bits per heavy atom. The third-order valence-corrected chi connectivity index (χ3v) is 3.54. The Labute approximate surface area is 96.4 Å². The summed E-state index contributed by atoms with van der Waals surface area (Å²) in [5, 5.41) is 3.20. The molecule has 1 fully saturated rings. The number of para-hydroxylation sites is 2. The van der Waals surface area contributed by atoms with Gasteiger partial charge in [-0.2, -0.15) is 4.98 Å². The molecule has 2 heterocycles. The molecule has 0 aliphatic carbocycles. The van der Waals surface area contributed by atoms with Crippen molar-refractivity contribution in [2.24, 2.45) is 0 Å². The van der Waals surface area contributed by atoms with E-state index in [4.69, 9.17) is 4.42 Å². The van der Waals surface area contributed by atoms with E-state index in [0.717, 1.165) is 23.3 Å². The van der Waals surface area contributed by atoms with Crippen LogP contribution >= 0.6 is 11.8 Å². The minimum absolute atomic E-state index is 0.155. The van der Waals surface area contributed by atoms with Crippen LogP contribution in [-0.4, -0.2) is 21.9 Å². The summed E-state index contributed by atoms with van der Waals surface area (Å²) in [6.07, 6.45) is 0.836. The van der Waals surface area contributed by atoms with E-state index >= 15 is 0 Å². The average molecular weight is 234 g/mol. The Kier molecular flexibility index (Phi) is 2.32. The second-order valence-corrected chi connectivity index (χ2v) is 4.74. The zero-order valence-corrected chi connectivity index (χ0v) is 9.29. The number of nitrogens with one attached hydrogen (secondary N) is 1. The maximum atomic E-state index is 11.4. The Balaban J connectivity index is 1.86. The molecule has 1 N–H and O–H groups in total. The van der Waals surface area contributed by atoms with Crippen molar-refractivity contribution < 1.29 is 9.21 Å². The first-order valence-corrected chi connectivity index (χ1v) is 6.10. The molecule has 0 saturated carbocycles. The van der Waals surface area contributed by atoms with Crippen LogP contribution in [0.15, 0.2) is 28.7 Å². The number of oxazole rings is 1. The van der Waals surface area contributed by atoms with Crippen LogP contribution in [0, 0.1) is 0 Å². The topological polar surface area (TPSA) is 55.1 Å². The molecule has 0 amide bonds. The Bertz CT molecular complexity index is 505. The number of hydrogen-bond acceptors (Lipinski definition) is 5. The van der Waals surface area contributed by atoms with Crippen LogP contribution in [0.4, 0.5) is 6.01 Å². The summed E-state index contributed by atoms with van der Waals surface area (Å²) in [5.41, 5.74) is 1.55. The van der Waals surface area contributed by atoms with Gasteiger partial charge < -0.3 is 9.73 Å². The summed E-state index contributed by atoms with van der Waals surface area (Å²) in [5.74, 6) is 0.872. The number of aromatic nitrogens is 1. The van der Waals surface area contributed by atoms with Crippen molar-refractivity contribution in [2.45, 2.75) is 12.5 Å². The van der Waals surface area contributed by atoms with E-state index < -0.39 is 0 Å². The van der Waals surface area contributed by atoms with Crippen LogP contribution in [-0.2, 0) is 4.79 Å². The van der Waals surface area contributed by atoms with Crippen LogP contribution in [0.25, 0.3) is 11.1 Å². The lowest BCUT2D eigenvalue weighted by Crippen LogP contribution is -2.22. The molecule has 1 aromatic heterocycles. The van der Waals surface area contributed by atoms with E-state index in [1.54, 1.807) is 0 Å². The first-order chi connectivity index (χ1) is 7.83. The van der Waals surface area contributed by atoms with Gasteiger partial charge in [-0.25, -0.2) is 0 Å². The minimum atomic E-state index is -0.155. The zero-order valence-electron chi connectivity index (χ0n) is 8.47. The van der Waals surface area contributed by atoms with Crippen LogP contribution < -0.4 is 5.32 Å². The summed E-state index contributed by atoms with van der Waals surface area (Å²) < 4.78 is 5.49. The van der Waals surface area contributed by atoms with Gasteiger partial charge in [-0.1, -0.05) is 23.9 Å². The van der Waals surface area contributed by atoms with Gasteiger partial charge in [0.1, 0.15) is 11.6 Å². The van der Waals surface area contributed by atoms with Crippen molar-refractivity contribution >= 4 is 34.0 Å². The predicted octanol–water partition coefficient (Wildman–Crippen LogP) is 2.27. The third-order valence-electron chi connectivity index (χ3n) is 2.53. The van der Waals surface area contributed by atoms with Crippen molar-refractivity contribution in [3.05, 3.63) is 24.3 Å². The highest BCUT2D eigenvalue weighted by Crippen LogP contribution is 2.24. The lowest BCUT2D eigenvalue weighted by molar-refractivity contribution is -0.111. The summed E-state index contributed by atoms with van der Waals surface area (Å²) in [4.78, 5) is 15.7. The molecule has 0 unspecified atom stereocenters. The van der Waals surface area contributed by atoms with Crippen molar-refractivity contribution in [1.82, 2.24) is 4.98 Å². The molecule has 1 aliphatic rings. The lowest BCUT2D eigenvalue weighted by Gasteiger charge is -2.05. The number of benzene rings is 1. The van der Waals surface area contributed by atoms with Gasteiger partial charge in [0.25, 0.3) is 6.01 Å². The fraction of sp³-hybridized carbons (Fsp3) is 0.273. The van der Waals surface area contributed by atoms with E-state index in [2.05, 4.69) is 10.3 Å². The number of anilines is 1. The normalized spacial score (nSPS) is 20.5. The molecule has 82 valence electrons. The highest BCUT2D eigenvalue weighted by Gasteiger charge is 2.26. The third kappa shape index (κ3) is 1.67. The van der Waals surface area contributed by atoms with E-state index in [1.165, 1.54) is 11.8 Å². The highest BCUT2D eigenvalue weighted by atomic mass is 32.2. The molecule has 16 heavy (non-hydrogen) atoms. The van der Waals surface area contributed by atoms with Crippen molar-refractivity contribution in [1.29, 1.82) is 0 Å². The molecular formula is C11H10N2O2S. The van der Waals surface area contributed by atoms with E-state index in [-0.39, 0.29) is 11.2 Å². The van der Waals surface area contributed by atoms with Crippen LogP contribution in [0.1, 0.15) is 6.42 Å². The summed E-state index contributed by atoms with van der Waals surface area (Å²) in [7, 11) is 0. The van der Waals surface area contributed by atoms with Crippen molar-refractivity contribution in [2.75, 3.05) is 11.1 Å². The molecule has 1 atom stereocenters. The van der Waals surface area contributed by atoms with Crippen LogP contribution in [0.3, 0.4) is 0 Å². The quantitative estimate of drug-likeness (QED) is 0.863. The lowest BCUT2D eigenvalue weighted by atomic mass is 10.3. The second-order valence-electron chi connectivity index (χ2n) is 3.64. The van der Waals surface area contributed by atoms with Crippen molar-refractivity contribution in [3.63, 3.8) is 0 Å². The van der Waals surface area contributed by atoms with Gasteiger partial charge in [0.2, 0.25) is 5.12 Å². The largest absolute Gasteiger partial charge is 0.424 e. The zero-order chi connectivity index (χ0) is 11.0. The molecule has 1 aromatic carbocycles. The second kappa shape index (κ2) is 3.83. The van der Waals surface area contributed by atoms with Gasteiger partial charge in [-0.05, 0) is 18.6 Å². The maximum absolute atomic E-state index is 11.4. The molecule has 2 aromatic rings. The van der Waals surface area contributed by atoms with Gasteiger partial charge in [-0.15, -0.1) is 0 Å². The van der Waals surface area contributed by atoms with E-state index in [9.17, 15) is 4.79 Å². The molecule has 1 aliphatic heterocycles. The Hall–Kier alpha value is -1.49. The molecule has 3 rings (SSSR count). The van der Waals surface area contributed by atoms with Gasteiger partial charge in [-0.3, -0.25) is 4.79 Å². The minimum Gasteiger partial charge on any atom is -0.424 e. The first kappa shape index (κ1) is 9.72. The monoisotopic (exact) mass is 234 g/mol. The number of nitrogens with zero attached hydrogens (tertiary/aromatic N) is 1. The number of fused-ring (bicyclic) bond motifs is 1. The van der Waals surface area contributed by atoms with Gasteiger partial charge in [0, 0.05) is 5.75 Å². The molecule has 0 radical (unpaired) electrons. The fourth-order valence-electron chi connectivity index (χ4n) is 1.71.